The molecule has 1 rings (SSSR count). The van der Waals surface area contributed by atoms with Crippen LogP contribution in [0.2, 0.25) is 0 Å². The fourth-order valence-corrected chi connectivity index (χ4v) is 1.31. The number of benzene rings is 1. The zero-order chi connectivity index (χ0) is 12.1. The van der Waals surface area contributed by atoms with Crippen LogP contribution in [0.4, 0.5) is 0 Å². The second kappa shape index (κ2) is 5.37. The van der Waals surface area contributed by atoms with Crippen LogP contribution >= 0.6 is 0 Å². The van der Waals surface area contributed by atoms with Crippen molar-refractivity contribution < 1.29 is 24.1 Å². The van der Waals surface area contributed by atoms with Crippen LogP contribution in [-0.2, 0) is 9.47 Å². The molecular weight excluding hydrogens is 212 g/mol. The van der Waals surface area contributed by atoms with Crippen LogP contribution in [0.1, 0.15) is 15.9 Å². The number of hydrogen-bond acceptors (Lipinski definition) is 5. The number of aromatic hydroxyl groups is 1. The molecule has 1 aromatic carbocycles. The van der Waals surface area contributed by atoms with Gasteiger partial charge in [0.1, 0.15) is 17.1 Å². The Kier molecular flexibility index (Phi) is 4.13. The van der Waals surface area contributed by atoms with Gasteiger partial charge in [0, 0.05) is 13.2 Å². The summed E-state index contributed by atoms with van der Waals surface area (Å²) in [5, 5.41) is 9.65. The first-order valence-electron chi connectivity index (χ1n) is 4.63. The van der Waals surface area contributed by atoms with E-state index in [-0.39, 0.29) is 18.1 Å². The fraction of sp³-hybridized carbons (Fsp3) is 0.364. The van der Waals surface area contributed by atoms with E-state index < -0.39 is 5.97 Å². The lowest BCUT2D eigenvalue weighted by molar-refractivity contribution is 0.0508. The summed E-state index contributed by atoms with van der Waals surface area (Å²) < 4.78 is 14.4. The number of rotatable bonds is 4. The average molecular weight is 226 g/mol. The SMILES string of the molecule is COCOc1cc(C)c(C(=O)OC)c(O)c1. The molecule has 0 unspecified atom stereocenters. The van der Waals surface area contributed by atoms with Crippen molar-refractivity contribution in [3.05, 3.63) is 23.3 Å². The van der Waals surface area contributed by atoms with Crippen molar-refractivity contribution in [1.82, 2.24) is 0 Å². The molecule has 88 valence electrons. The topological polar surface area (TPSA) is 65.0 Å². The number of hydrogen-bond donors (Lipinski definition) is 1. The lowest BCUT2D eigenvalue weighted by atomic mass is 10.1. The van der Waals surface area contributed by atoms with Crippen molar-refractivity contribution in [1.29, 1.82) is 0 Å². The van der Waals surface area contributed by atoms with Gasteiger partial charge in [-0.1, -0.05) is 0 Å². The lowest BCUT2D eigenvalue weighted by Gasteiger charge is -2.10. The molecule has 0 bridgehead atoms. The van der Waals surface area contributed by atoms with Gasteiger partial charge in [0.05, 0.1) is 7.11 Å². The van der Waals surface area contributed by atoms with Crippen LogP contribution in [0.15, 0.2) is 12.1 Å². The van der Waals surface area contributed by atoms with E-state index >= 15 is 0 Å². The molecule has 16 heavy (non-hydrogen) atoms. The standard InChI is InChI=1S/C11H14O5/c1-7-4-8(16-6-14-2)5-9(12)10(7)11(13)15-3/h4-5,12H,6H2,1-3H3. The molecule has 5 heteroatoms. The van der Waals surface area contributed by atoms with Crippen LogP contribution in [0.25, 0.3) is 0 Å². The number of phenols is 1. The minimum atomic E-state index is -0.576. The largest absolute Gasteiger partial charge is 0.507 e. The van der Waals surface area contributed by atoms with Gasteiger partial charge in [-0.2, -0.15) is 0 Å². The number of phenolic OH excluding ortho intramolecular Hbond substituents is 1. The van der Waals surface area contributed by atoms with Crippen molar-refractivity contribution in [3.8, 4) is 11.5 Å². The van der Waals surface area contributed by atoms with Crippen molar-refractivity contribution in [3.63, 3.8) is 0 Å². The molecule has 0 amide bonds. The quantitative estimate of drug-likeness (QED) is 0.622. The van der Waals surface area contributed by atoms with E-state index in [1.165, 1.54) is 20.3 Å². The molecule has 0 radical (unpaired) electrons. The first kappa shape index (κ1) is 12.3. The number of methoxy groups -OCH3 is 2. The number of esters is 1. The molecule has 0 heterocycles. The zero-order valence-corrected chi connectivity index (χ0v) is 9.44. The summed E-state index contributed by atoms with van der Waals surface area (Å²) in [4.78, 5) is 11.3. The van der Waals surface area contributed by atoms with Crippen molar-refractivity contribution in [2.75, 3.05) is 21.0 Å². The van der Waals surface area contributed by atoms with Crippen LogP contribution in [0.3, 0.4) is 0 Å². The maximum Gasteiger partial charge on any atom is 0.341 e. The number of carbonyl (C=O) groups is 1. The lowest BCUT2D eigenvalue weighted by Crippen LogP contribution is -2.05. The van der Waals surface area contributed by atoms with Gasteiger partial charge in [-0.3, -0.25) is 0 Å². The van der Waals surface area contributed by atoms with E-state index in [4.69, 9.17) is 9.47 Å². The summed E-state index contributed by atoms with van der Waals surface area (Å²) in [5.41, 5.74) is 0.727. The molecule has 0 aromatic heterocycles. The Morgan fingerprint density at radius 1 is 1.38 bits per heavy atom. The van der Waals surface area contributed by atoms with Gasteiger partial charge in [-0.15, -0.1) is 0 Å². The molecule has 0 aliphatic heterocycles. The van der Waals surface area contributed by atoms with Gasteiger partial charge >= 0.3 is 5.97 Å². The van der Waals surface area contributed by atoms with Gasteiger partial charge in [0.25, 0.3) is 0 Å². The summed E-state index contributed by atoms with van der Waals surface area (Å²) in [6, 6.07) is 2.98. The maximum absolute atomic E-state index is 11.3. The Labute approximate surface area is 93.6 Å². The molecule has 0 aliphatic rings. The third-order valence-electron chi connectivity index (χ3n) is 2.02. The van der Waals surface area contributed by atoms with E-state index in [9.17, 15) is 9.90 Å². The molecule has 0 aliphatic carbocycles. The predicted octanol–water partition coefficient (Wildman–Crippen LogP) is 1.47. The van der Waals surface area contributed by atoms with Crippen LogP contribution < -0.4 is 4.74 Å². The van der Waals surface area contributed by atoms with Gasteiger partial charge < -0.3 is 19.3 Å². The first-order valence-corrected chi connectivity index (χ1v) is 4.63. The second-order valence-corrected chi connectivity index (χ2v) is 3.18. The third kappa shape index (κ3) is 2.64. The molecule has 0 fully saturated rings. The van der Waals surface area contributed by atoms with E-state index in [1.54, 1.807) is 13.0 Å². The zero-order valence-electron chi connectivity index (χ0n) is 9.44. The molecular formula is C11H14O5. The second-order valence-electron chi connectivity index (χ2n) is 3.18. The summed E-state index contributed by atoms with van der Waals surface area (Å²) >= 11 is 0. The van der Waals surface area contributed by atoms with Crippen molar-refractivity contribution in [2.45, 2.75) is 6.92 Å². The number of ether oxygens (including phenoxy) is 3. The number of carbonyl (C=O) groups excluding carboxylic acids is 1. The van der Waals surface area contributed by atoms with Crippen LogP contribution in [0, 0.1) is 6.92 Å². The Hall–Kier alpha value is -1.75. The molecule has 5 nitrogen and oxygen atoms in total. The van der Waals surface area contributed by atoms with Gasteiger partial charge in [-0.05, 0) is 18.6 Å². The van der Waals surface area contributed by atoms with E-state index in [0.717, 1.165) is 0 Å². The molecule has 1 aromatic rings. The summed E-state index contributed by atoms with van der Waals surface area (Å²) in [6.07, 6.45) is 0. The first-order chi connectivity index (χ1) is 7.60. The third-order valence-corrected chi connectivity index (χ3v) is 2.02. The monoisotopic (exact) mass is 226 g/mol. The predicted molar refractivity (Wildman–Crippen MR) is 56.7 cm³/mol. The summed E-state index contributed by atoms with van der Waals surface area (Å²) in [6.45, 7) is 1.77. The highest BCUT2D eigenvalue weighted by molar-refractivity contribution is 5.94. The van der Waals surface area contributed by atoms with Gasteiger partial charge in [-0.25, -0.2) is 4.79 Å². The summed E-state index contributed by atoms with van der Waals surface area (Å²) in [7, 11) is 2.76. The normalized spacial score (nSPS) is 9.94. The molecule has 0 saturated heterocycles. The Bertz CT molecular complexity index is 363. The smallest absolute Gasteiger partial charge is 0.341 e. The molecule has 0 atom stereocenters. The summed E-state index contributed by atoms with van der Waals surface area (Å²) in [5.74, 6) is -0.309. The molecule has 1 N–H and O–H groups in total. The highest BCUT2D eigenvalue weighted by Gasteiger charge is 2.16. The molecule has 0 spiro atoms. The van der Waals surface area contributed by atoms with Crippen LogP contribution in [-0.4, -0.2) is 32.1 Å². The minimum Gasteiger partial charge on any atom is -0.507 e. The Balaban J connectivity index is 3.02. The Morgan fingerprint density at radius 2 is 2.06 bits per heavy atom. The van der Waals surface area contributed by atoms with Gasteiger partial charge in [0.15, 0.2) is 6.79 Å². The van der Waals surface area contributed by atoms with E-state index in [0.29, 0.717) is 11.3 Å². The Morgan fingerprint density at radius 3 is 2.56 bits per heavy atom. The van der Waals surface area contributed by atoms with Gasteiger partial charge in [0.2, 0.25) is 0 Å². The van der Waals surface area contributed by atoms with Crippen molar-refractivity contribution >= 4 is 5.97 Å². The highest BCUT2D eigenvalue weighted by Crippen LogP contribution is 2.28. The van der Waals surface area contributed by atoms with E-state index in [1.807, 2.05) is 0 Å². The molecule has 0 saturated carbocycles. The van der Waals surface area contributed by atoms with Crippen LogP contribution in [0.5, 0.6) is 11.5 Å². The maximum atomic E-state index is 11.3. The average Bonchev–Trinajstić information content (AvgIpc) is 2.25. The minimum absolute atomic E-state index is 0.0798. The van der Waals surface area contributed by atoms with Crippen molar-refractivity contribution in [2.24, 2.45) is 0 Å². The number of aryl methyl sites for hydroxylation is 1. The van der Waals surface area contributed by atoms with E-state index in [2.05, 4.69) is 4.74 Å². The fourth-order valence-electron chi connectivity index (χ4n) is 1.31. The highest BCUT2D eigenvalue weighted by atomic mass is 16.7.